The maximum absolute atomic E-state index is 12.8. The van der Waals surface area contributed by atoms with Gasteiger partial charge >= 0.3 is 0 Å². The lowest BCUT2D eigenvalue weighted by Gasteiger charge is -2.59. The third-order valence-corrected chi connectivity index (χ3v) is 9.58. The molecule has 4 fully saturated rings. The van der Waals surface area contributed by atoms with Gasteiger partial charge < -0.3 is 0 Å². The molecular weight excluding hydrogens is 370 g/mol. The van der Waals surface area contributed by atoms with Crippen molar-refractivity contribution in [3.05, 3.63) is 24.3 Å². The second-order valence-corrected chi connectivity index (χ2v) is 12.6. The van der Waals surface area contributed by atoms with Gasteiger partial charge in [0.15, 0.2) is 9.84 Å². The van der Waals surface area contributed by atoms with Crippen LogP contribution in [0.25, 0.3) is 0 Å². The normalized spacial score (nSPS) is 34.8. The molecule has 0 aromatic heterocycles. The van der Waals surface area contributed by atoms with E-state index in [0.29, 0.717) is 0 Å². The van der Waals surface area contributed by atoms with Crippen LogP contribution in [0.1, 0.15) is 45.4 Å². The molecule has 0 amide bonds. The van der Waals surface area contributed by atoms with E-state index < -0.39 is 19.9 Å². The van der Waals surface area contributed by atoms with Gasteiger partial charge in [-0.15, -0.1) is 0 Å². The van der Waals surface area contributed by atoms with Gasteiger partial charge in [0.05, 0.1) is 9.79 Å². The zero-order valence-corrected chi connectivity index (χ0v) is 16.9. The summed E-state index contributed by atoms with van der Waals surface area (Å²) >= 11 is 0. The Morgan fingerprint density at radius 1 is 0.885 bits per heavy atom. The summed E-state index contributed by atoms with van der Waals surface area (Å²) in [6.07, 6.45) is 8.49. The highest BCUT2D eigenvalue weighted by Gasteiger charge is 2.53. The van der Waals surface area contributed by atoms with Crippen molar-refractivity contribution in [3.8, 4) is 0 Å². The zero-order chi connectivity index (χ0) is 18.7. The van der Waals surface area contributed by atoms with Crippen molar-refractivity contribution in [1.29, 1.82) is 0 Å². The van der Waals surface area contributed by atoms with Crippen molar-refractivity contribution in [2.45, 2.75) is 61.3 Å². The number of nitrogens with one attached hydrogen (secondary N) is 1. The molecule has 0 heterocycles. The molecule has 7 heteroatoms. The maximum Gasteiger partial charge on any atom is 0.240 e. The molecule has 4 aliphatic carbocycles. The highest BCUT2D eigenvalue weighted by atomic mass is 32.2. The minimum atomic E-state index is -3.66. The average Bonchev–Trinajstić information content (AvgIpc) is 2.52. The predicted octanol–water partition coefficient (Wildman–Crippen LogP) is 2.97. The first kappa shape index (κ1) is 18.4. The van der Waals surface area contributed by atoms with Crippen LogP contribution in [0.2, 0.25) is 0 Å². The molecule has 0 radical (unpaired) electrons. The quantitative estimate of drug-likeness (QED) is 0.828. The Balaban J connectivity index is 1.54. The zero-order valence-electron chi connectivity index (χ0n) is 15.3. The SMILES string of the molecule is CC(NS(=O)(=O)c1ccc(S(C)(=O)=O)cc1)C12CC3CC(CC(C3)C1)C2. The number of hydrogen-bond donors (Lipinski definition) is 1. The summed E-state index contributed by atoms with van der Waals surface area (Å²) < 4.78 is 51.7. The smallest absolute Gasteiger partial charge is 0.224 e. The Morgan fingerprint density at radius 2 is 1.31 bits per heavy atom. The first-order chi connectivity index (χ1) is 12.1. The second-order valence-electron chi connectivity index (χ2n) is 8.87. The molecule has 144 valence electrons. The molecule has 4 aliphatic rings. The molecule has 1 aromatic rings. The predicted molar refractivity (Wildman–Crippen MR) is 99.9 cm³/mol. The summed E-state index contributed by atoms with van der Waals surface area (Å²) in [4.78, 5) is 0.257. The molecule has 1 aromatic carbocycles. The van der Waals surface area contributed by atoms with Gasteiger partial charge in [0.25, 0.3) is 0 Å². The van der Waals surface area contributed by atoms with Gasteiger partial charge in [-0.1, -0.05) is 0 Å². The molecule has 1 N–H and O–H groups in total. The molecule has 26 heavy (non-hydrogen) atoms. The minimum Gasteiger partial charge on any atom is -0.224 e. The third kappa shape index (κ3) is 3.22. The Morgan fingerprint density at radius 3 is 1.73 bits per heavy atom. The first-order valence-electron chi connectivity index (χ1n) is 9.40. The molecule has 4 saturated carbocycles. The lowest BCUT2D eigenvalue weighted by molar-refractivity contribution is -0.0666. The molecular formula is C19H27NO4S2. The van der Waals surface area contributed by atoms with Crippen LogP contribution in [0, 0.1) is 23.2 Å². The van der Waals surface area contributed by atoms with E-state index in [1.165, 1.54) is 43.5 Å². The van der Waals surface area contributed by atoms with Gasteiger partial charge in [0, 0.05) is 12.3 Å². The summed E-state index contributed by atoms with van der Waals surface area (Å²) in [5.41, 5.74) is 0.0918. The fourth-order valence-electron chi connectivity index (χ4n) is 6.00. The van der Waals surface area contributed by atoms with Crippen LogP contribution in [0.3, 0.4) is 0 Å². The van der Waals surface area contributed by atoms with Gasteiger partial charge in [0.2, 0.25) is 10.0 Å². The topological polar surface area (TPSA) is 80.3 Å². The Kier molecular flexibility index (Phi) is 4.29. The average molecular weight is 398 g/mol. The van der Waals surface area contributed by atoms with Crippen molar-refractivity contribution in [2.24, 2.45) is 23.2 Å². The Labute approximate surface area is 156 Å². The van der Waals surface area contributed by atoms with E-state index in [1.54, 1.807) is 0 Å². The van der Waals surface area contributed by atoms with Crippen molar-refractivity contribution >= 4 is 19.9 Å². The van der Waals surface area contributed by atoms with E-state index in [1.807, 2.05) is 6.92 Å². The maximum atomic E-state index is 12.8. The van der Waals surface area contributed by atoms with Crippen LogP contribution in [0.15, 0.2) is 34.1 Å². The number of hydrogen-bond acceptors (Lipinski definition) is 4. The molecule has 1 atom stereocenters. The van der Waals surface area contributed by atoms with E-state index in [-0.39, 0.29) is 21.2 Å². The number of benzene rings is 1. The molecule has 0 spiro atoms. The number of rotatable bonds is 5. The lowest BCUT2D eigenvalue weighted by Crippen LogP contribution is -2.55. The van der Waals surface area contributed by atoms with Crippen LogP contribution in [0.4, 0.5) is 0 Å². The second kappa shape index (κ2) is 6.04. The monoisotopic (exact) mass is 397 g/mol. The fraction of sp³-hybridized carbons (Fsp3) is 0.684. The van der Waals surface area contributed by atoms with Crippen LogP contribution < -0.4 is 4.72 Å². The van der Waals surface area contributed by atoms with E-state index in [0.717, 1.165) is 43.3 Å². The summed E-state index contributed by atoms with van der Waals surface area (Å²) in [5, 5.41) is 0. The largest absolute Gasteiger partial charge is 0.240 e. The van der Waals surface area contributed by atoms with Crippen LogP contribution in [-0.2, 0) is 19.9 Å². The molecule has 4 bridgehead atoms. The van der Waals surface area contributed by atoms with Crippen molar-refractivity contribution in [2.75, 3.05) is 6.26 Å². The van der Waals surface area contributed by atoms with Gasteiger partial charge in [-0.05, 0) is 92.9 Å². The van der Waals surface area contributed by atoms with Crippen LogP contribution in [0.5, 0.6) is 0 Å². The van der Waals surface area contributed by atoms with Crippen molar-refractivity contribution < 1.29 is 16.8 Å². The third-order valence-electron chi connectivity index (χ3n) is 6.90. The summed E-state index contributed by atoms with van der Waals surface area (Å²) in [7, 11) is -6.99. The lowest BCUT2D eigenvalue weighted by atomic mass is 9.48. The number of sulfonamides is 1. The number of sulfone groups is 1. The summed E-state index contributed by atoms with van der Waals surface area (Å²) in [6, 6.07) is 5.38. The Bertz CT molecular complexity index is 868. The van der Waals surface area contributed by atoms with Gasteiger partial charge in [-0.2, -0.15) is 0 Å². The van der Waals surface area contributed by atoms with Crippen molar-refractivity contribution in [3.63, 3.8) is 0 Å². The van der Waals surface area contributed by atoms with E-state index in [4.69, 9.17) is 0 Å². The molecule has 1 unspecified atom stereocenters. The highest BCUT2D eigenvalue weighted by Crippen LogP contribution is 2.61. The Hall–Kier alpha value is -0.920. The van der Waals surface area contributed by atoms with E-state index in [9.17, 15) is 16.8 Å². The van der Waals surface area contributed by atoms with Gasteiger partial charge in [-0.3, -0.25) is 0 Å². The van der Waals surface area contributed by atoms with E-state index in [2.05, 4.69) is 4.72 Å². The fourth-order valence-corrected chi connectivity index (χ4v) is 7.98. The molecule has 5 rings (SSSR count). The summed E-state index contributed by atoms with van der Waals surface area (Å²) in [6.45, 7) is 2.01. The van der Waals surface area contributed by atoms with Crippen LogP contribution in [-0.4, -0.2) is 29.1 Å². The van der Waals surface area contributed by atoms with Gasteiger partial charge in [0.1, 0.15) is 0 Å². The van der Waals surface area contributed by atoms with Crippen LogP contribution >= 0.6 is 0 Å². The van der Waals surface area contributed by atoms with Gasteiger partial charge in [-0.25, -0.2) is 21.6 Å². The standard InChI is InChI=1S/C19H27NO4S2/c1-13(19-10-14-7-15(11-19)9-16(8-14)12-19)20-26(23,24)18-5-3-17(4-6-18)25(2,21)22/h3-6,13-16,20H,7-12H2,1-2H3. The summed E-state index contributed by atoms with van der Waals surface area (Å²) in [5.74, 6) is 2.30. The van der Waals surface area contributed by atoms with Crippen molar-refractivity contribution in [1.82, 2.24) is 4.72 Å². The van der Waals surface area contributed by atoms with E-state index >= 15 is 0 Å². The highest BCUT2D eigenvalue weighted by molar-refractivity contribution is 7.90. The molecule has 5 nitrogen and oxygen atoms in total. The molecule has 0 aliphatic heterocycles. The minimum absolute atomic E-state index is 0.0918. The molecule has 0 saturated heterocycles. The first-order valence-corrected chi connectivity index (χ1v) is 12.8.